The number of halogens is 1. The first-order chi connectivity index (χ1) is 8.63. The van der Waals surface area contributed by atoms with Crippen LogP contribution >= 0.6 is 0 Å². The van der Waals surface area contributed by atoms with Crippen LogP contribution < -0.4 is 10.6 Å². The second-order valence-corrected chi connectivity index (χ2v) is 4.23. The molecular weight excluding hydrogens is 227 g/mol. The van der Waals surface area contributed by atoms with Crippen molar-refractivity contribution in [3.8, 4) is 0 Å². The average Bonchev–Trinajstić information content (AvgIpc) is 2.34. The molecule has 0 aliphatic carbocycles. The third-order valence-electron chi connectivity index (χ3n) is 3.00. The zero-order valence-electron chi connectivity index (χ0n) is 10.7. The summed E-state index contributed by atoms with van der Waals surface area (Å²) < 4.78 is 13.1. The second kappa shape index (κ2) is 5.08. The van der Waals surface area contributed by atoms with Gasteiger partial charge in [-0.2, -0.15) is 0 Å². The summed E-state index contributed by atoms with van der Waals surface area (Å²) in [7, 11) is 0. The highest BCUT2D eigenvalue weighted by atomic mass is 19.1. The van der Waals surface area contributed by atoms with E-state index in [9.17, 15) is 4.39 Å². The van der Waals surface area contributed by atoms with E-state index in [1.165, 1.54) is 17.7 Å². The molecule has 0 atom stereocenters. The number of hydrogen-bond acceptors (Lipinski definition) is 2. The molecule has 2 N–H and O–H groups in total. The van der Waals surface area contributed by atoms with Gasteiger partial charge in [0.2, 0.25) is 0 Å². The number of para-hydroxylation sites is 1. The van der Waals surface area contributed by atoms with Crippen LogP contribution in [0.4, 0.5) is 21.5 Å². The van der Waals surface area contributed by atoms with E-state index in [1.807, 2.05) is 18.2 Å². The monoisotopic (exact) mass is 244 g/mol. The first-order valence-electron chi connectivity index (χ1n) is 6.01. The summed E-state index contributed by atoms with van der Waals surface area (Å²) in [4.78, 5) is 2.09. The molecule has 2 aromatic carbocycles. The van der Waals surface area contributed by atoms with Crippen LogP contribution in [-0.4, -0.2) is 6.54 Å². The maximum Gasteiger partial charge on any atom is 0.125 e. The summed E-state index contributed by atoms with van der Waals surface area (Å²) in [6.45, 7) is 4.88. The van der Waals surface area contributed by atoms with E-state index in [2.05, 4.69) is 24.8 Å². The molecule has 0 fully saturated rings. The van der Waals surface area contributed by atoms with Crippen molar-refractivity contribution in [1.82, 2.24) is 0 Å². The summed E-state index contributed by atoms with van der Waals surface area (Å²) >= 11 is 0. The molecule has 0 saturated carbocycles. The van der Waals surface area contributed by atoms with Crippen molar-refractivity contribution in [3.63, 3.8) is 0 Å². The van der Waals surface area contributed by atoms with Gasteiger partial charge in [0.25, 0.3) is 0 Å². The lowest BCUT2D eigenvalue weighted by Gasteiger charge is -2.26. The Morgan fingerprint density at radius 3 is 2.44 bits per heavy atom. The highest BCUT2D eigenvalue weighted by Gasteiger charge is 2.12. The number of aryl methyl sites for hydroxylation is 1. The van der Waals surface area contributed by atoms with E-state index < -0.39 is 0 Å². The van der Waals surface area contributed by atoms with Crippen molar-refractivity contribution in [3.05, 3.63) is 53.8 Å². The summed E-state index contributed by atoms with van der Waals surface area (Å²) in [5.74, 6) is -0.308. The Hall–Kier alpha value is -2.03. The lowest BCUT2D eigenvalue weighted by molar-refractivity contribution is 0.628. The number of nitrogens with zero attached hydrogens (tertiary/aromatic N) is 1. The Bertz CT molecular complexity index is 552. The van der Waals surface area contributed by atoms with Crippen molar-refractivity contribution < 1.29 is 4.39 Å². The van der Waals surface area contributed by atoms with Crippen molar-refractivity contribution in [1.29, 1.82) is 0 Å². The van der Waals surface area contributed by atoms with Gasteiger partial charge in [-0.15, -0.1) is 0 Å². The summed E-state index contributed by atoms with van der Waals surface area (Å²) in [6, 6.07) is 12.6. The second-order valence-electron chi connectivity index (χ2n) is 4.23. The van der Waals surface area contributed by atoms with E-state index in [4.69, 9.17) is 5.73 Å². The van der Waals surface area contributed by atoms with Gasteiger partial charge in [-0.25, -0.2) is 4.39 Å². The van der Waals surface area contributed by atoms with Crippen LogP contribution in [0.2, 0.25) is 0 Å². The van der Waals surface area contributed by atoms with Crippen LogP contribution in [0.25, 0.3) is 0 Å². The summed E-state index contributed by atoms with van der Waals surface area (Å²) in [5, 5.41) is 0. The molecule has 94 valence electrons. The molecule has 0 saturated heterocycles. The standard InChI is InChI=1S/C15H17FN2/c1-3-18(14-7-5-4-6-11(14)2)15-9-8-12(16)10-13(15)17/h4-10H,3,17H2,1-2H3. The number of anilines is 3. The Morgan fingerprint density at radius 2 is 1.83 bits per heavy atom. The highest BCUT2D eigenvalue weighted by Crippen LogP contribution is 2.32. The molecule has 0 heterocycles. The minimum atomic E-state index is -0.308. The first-order valence-corrected chi connectivity index (χ1v) is 6.01. The molecule has 0 amide bonds. The van der Waals surface area contributed by atoms with Gasteiger partial charge in [-0.3, -0.25) is 0 Å². The fraction of sp³-hybridized carbons (Fsp3) is 0.200. The smallest absolute Gasteiger partial charge is 0.125 e. The zero-order chi connectivity index (χ0) is 13.1. The molecule has 0 aliphatic rings. The van der Waals surface area contributed by atoms with Crippen LogP contribution in [-0.2, 0) is 0 Å². The molecule has 0 radical (unpaired) electrons. The third-order valence-corrected chi connectivity index (χ3v) is 3.00. The lowest BCUT2D eigenvalue weighted by Crippen LogP contribution is -2.18. The number of rotatable bonds is 3. The molecule has 2 aromatic rings. The molecule has 3 heteroatoms. The summed E-state index contributed by atoms with van der Waals surface area (Å²) in [5.41, 5.74) is 9.47. The Morgan fingerprint density at radius 1 is 1.11 bits per heavy atom. The molecular formula is C15H17FN2. The normalized spacial score (nSPS) is 10.4. The van der Waals surface area contributed by atoms with Crippen molar-refractivity contribution in [2.24, 2.45) is 0 Å². The third kappa shape index (κ3) is 2.30. The largest absolute Gasteiger partial charge is 0.397 e. The minimum Gasteiger partial charge on any atom is -0.397 e. The predicted octanol–water partition coefficient (Wildman–Crippen LogP) is 3.87. The van der Waals surface area contributed by atoms with Gasteiger partial charge in [0.1, 0.15) is 5.82 Å². The van der Waals surface area contributed by atoms with Gasteiger partial charge < -0.3 is 10.6 Å². The number of nitrogen functional groups attached to an aromatic ring is 1. The maximum absolute atomic E-state index is 13.1. The van der Waals surface area contributed by atoms with Gasteiger partial charge >= 0.3 is 0 Å². The quantitative estimate of drug-likeness (QED) is 0.830. The first kappa shape index (κ1) is 12.4. The predicted molar refractivity (Wildman–Crippen MR) is 74.7 cm³/mol. The van der Waals surface area contributed by atoms with Crippen LogP contribution in [0, 0.1) is 12.7 Å². The molecule has 0 bridgehead atoms. The summed E-state index contributed by atoms with van der Waals surface area (Å²) in [6.07, 6.45) is 0. The van der Waals surface area contributed by atoms with Crippen LogP contribution in [0.15, 0.2) is 42.5 Å². The fourth-order valence-electron chi connectivity index (χ4n) is 2.11. The molecule has 2 nitrogen and oxygen atoms in total. The molecule has 0 spiro atoms. The number of nitrogens with two attached hydrogens (primary N) is 1. The van der Waals surface area contributed by atoms with Gasteiger partial charge in [-0.1, -0.05) is 18.2 Å². The Balaban J connectivity index is 2.49. The molecule has 2 rings (SSSR count). The maximum atomic E-state index is 13.1. The van der Waals surface area contributed by atoms with E-state index in [0.717, 1.165) is 17.9 Å². The molecule has 0 aliphatic heterocycles. The number of hydrogen-bond donors (Lipinski definition) is 1. The van der Waals surface area contributed by atoms with Crippen LogP contribution in [0.5, 0.6) is 0 Å². The van der Waals surface area contributed by atoms with Gasteiger partial charge in [0, 0.05) is 12.2 Å². The highest BCUT2D eigenvalue weighted by molar-refractivity contribution is 5.76. The van der Waals surface area contributed by atoms with Crippen molar-refractivity contribution in [2.45, 2.75) is 13.8 Å². The van der Waals surface area contributed by atoms with E-state index in [-0.39, 0.29) is 5.82 Å². The average molecular weight is 244 g/mol. The Kier molecular flexibility index (Phi) is 3.51. The topological polar surface area (TPSA) is 29.3 Å². The minimum absolute atomic E-state index is 0.308. The Labute approximate surface area is 107 Å². The van der Waals surface area contributed by atoms with E-state index in [0.29, 0.717) is 5.69 Å². The lowest BCUT2D eigenvalue weighted by atomic mass is 10.1. The van der Waals surface area contributed by atoms with Gasteiger partial charge in [0.15, 0.2) is 0 Å². The van der Waals surface area contributed by atoms with Crippen molar-refractivity contribution in [2.75, 3.05) is 17.2 Å². The van der Waals surface area contributed by atoms with E-state index in [1.54, 1.807) is 6.07 Å². The fourth-order valence-corrected chi connectivity index (χ4v) is 2.11. The SMILES string of the molecule is CCN(c1ccccc1C)c1ccc(F)cc1N. The van der Waals surface area contributed by atoms with Crippen LogP contribution in [0.1, 0.15) is 12.5 Å². The number of benzene rings is 2. The zero-order valence-corrected chi connectivity index (χ0v) is 10.7. The molecule has 18 heavy (non-hydrogen) atoms. The van der Waals surface area contributed by atoms with Crippen molar-refractivity contribution >= 4 is 17.1 Å². The van der Waals surface area contributed by atoms with E-state index >= 15 is 0 Å². The molecule has 0 aromatic heterocycles. The van der Waals surface area contributed by atoms with Crippen LogP contribution in [0.3, 0.4) is 0 Å². The van der Waals surface area contributed by atoms with Gasteiger partial charge in [0.05, 0.1) is 11.4 Å². The van der Waals surface area contributed by atoms with Gasteiger partial charge in [-0.05, 0) is 43.7 Å². The molecule has 0 unspecified atom stereocenters.